The van der Waals surface area contributed by atoms with Gasteiger partial charge in [0.05, 0.1) is 17.2 Å². The lowest BCUT2D eigenvalue weighted by Crippen LogP contribution is -2.24. The summed E-state index contributed by atoms with van der Waals surface area (Å²) in [5.74, 6) is 0. The van der Waals surface area contributed by atoms with Crippen molar-refractivity contribution in [1.29, 1.82) is 0 Å². The maximum Gasteiger partial charge on any atom is 0.261 e. The summed E-state index contributed by atoms with van der Waals surface area (Å²) in [6.45, 7) is 2.00. The molecule has 0 spiro atoms. The predicted molar refractivity (Wildman–Crippen MR) is 83.7 cm³/mol. The van der Waals surface area contributed by atoms with Crippen LogP contribution < -0.4 is 5.56 Å². The molecule has 0 aliphatic heterocycles. The first-order chi connectivity index (χ1) is 10.1. The molecule has 0 bridgehead atoms. The van der Waals surface area contributed by atoms with Crippen LogP contribution >= 0.6 is 11.6 Å². The second kappa shape index (κ2) is 5.66. The van der Waals surface area contributed by atoms with Crippen molar-refractivity contribution in [3.63, 3.8) is 0 Å². The lowest BCUT2D eigenvalue weighted by atomic mass is 10.1. The van der Waals surface area contributed by atoms with Crippen LogP contribution in [0, 0.1) is 0 Å². The van der Waals surface area contributed by atoms with Gasteiger partial charge in [-0.15, -0.1) is 0 Å². The van der Waals surface area contributed by atoms with Crippen LogP contribution in [0.25, 0.3) is 10.9 Å². The fraction of sp³-hybridized carbons (Fsp3) is 0.188. The number of benzene rings is 1. The van der Waals surface area contributed by atoms with Gasteiger partial charge in [0.25, 0.3) is 5.56 Å². The van der Waals surface area contributed by atoms with Gasteiger partial charge < -0.3 is 0 Å². The summed E-state index contributed by atoms with van der Waals surface area (Å²) in [7, 11) is 0. The normalized spacial score (nSPS) is 12.5. The largest absolute Gasteiger partial charge is 0.296 e. The average Bonchev–Trinajstić information content (AvgIpc) is 2.48. The van der Waals surface area contributed by atoms with Crippen LogP contribution in [-0.2, 0) is 6.42 Å². The van der Waals surface area contributed by atoms with Gasteiger partial charge in [-0.05, 0) is 43.2 Å². The fourth-order valence-corrected chi connectivity index (χ4v) is 2.55. The van der Waals surface area contributed by atoms with Crippen molar-refractivity contribution in [3.8, 4) is 0 Å². The standard InChI is InChI=1S/C16H14ClN3O/c1-11(7-12-3-2-6-18-9-12)20-10-19-15-8-13(17)4-5-14(15)16(20)21/h2-6,8-11H,7H2,1H3. The highest BCUT2D eigenvalue weighted by molar-refractivity contribution is 6.31. The highest BCUT2D eigenvalue weighted by atomic mass is 35.5. The third-order valence-corrected chi connectivity index (χ3v) is 3.71. The molecule has 5 heteroatoms. The van der Waals surface area contributed by atoms with Crippen LogP contribution in [0.1, 0.15) is 18.5 Å². The molecular weight excluding hydrogens is 286 g/mol. The Labute approximate surface area is 127 Å². The minimum absolute atomic E-state index is 0.00859. The molecule has 1 aromatic carbocycles. The van der Waals surface area contributed by atoms with Crippen molar-refractivity contribution in [1.82, 2.24) is 14.5 Å². The molecule has 4 nitrogen and oxygen atoms in total. The van der Waals surface area contributed by atoms with Crippen LogP contribution in [0.3, 0.4) is 0 Å². The highest BCUT2D eigenvalue weighted by Crippen LogP contribution is 2.16. The third kappa shape index (κ3) is 2.81. The van der Waals surface area contributed by atoms with Gasteiger partial charge in [-0.25, -0.2) is 4.98 Å². The van der Waals surface area contributed by atoms with Gasteiger partial charge in [0.1, 0.15) is 0 Å². The molecular formula is C16H14ClN3O. The van der Waals surface area contributed by atoms with Crippen molar-refractivity contribution >= 4 is 22.5 Å². The number of hydrogen-bond donors (Lipinski definition) is 0. The number of halogens is 1. The number of aromatic nitrogens is 3. The summed E-state index contributed by atoms with van der Waals surface area (Å²) < 4.78 is 1.66. The van der Waals surface area contributed by atoms with Crippen LogP contribution in [0.15, 0.2) is 53.8 Å². The molecule has 3 rings (SSSR count). The Bertz CT molecular complexity index is 830. The molecule has 0 saturated heterocycles. The zero-order valence-electron chi connectivity index (χ0n) is 11.5. The predicted octanol–water partition coefficient (Wildman–Crippen LogP) is 3.25. The maximum atomic E-state index is 12.5. The van der Waals surface area contributed by atoms with Crippen molar-refractivity contribution < 1.29 is 0 Å². The molecule has 0 saturated carbocycles. The summed E-state index contributed by atoms with van der Waals surface area (Å²) in [4.78, 5) is 21.0. The van der Waals surface area contributed by atoms with Crippen molar-refractivity contribution in [3.05, 3.63) is 70.0 Å². The molecule has 106 valence electrons. The van der Waals surface area contributed by atoms with Gasteiger partial charge >= 0.3 is 0 Å². The van der Waals surface area contributed by atoms with Crippen LogP contribution in [0.2, 0.25) is 5.02 Å². The van der Waals surface area contributed by atoms with Crippen LogP contribution in [0.5, 0.6) is 0 Å². The molecule has 21 heavy (non-hydrogen) atoms. The molecule has 0 radical (unpaired) electrons. The van der Waals surface area contributed by atoms with E-state index in [9.17, 15) is 4.79 Å². The van der Waals surface area contributed by atoms with E-state index in [1.807, 2.05) is 25.3 Å². The van der Waals surface area contributed by atoms with Crippen LogP contribution in [-0.4, -0.2) is 14.5 Å². The molecule has 0 aliphatic rings. The number of fused-ring (bicyclic) bond motifs is 1. The Balaban J connectivity index is 1.99. The van der Waals surface area contributed by atoms with Crippen molar-refractivity contribution in [2.24, 2.45) is 0 Å². The van der Waals surface area contributed by atoms with Crippen molar-refractivity contribution in [2.75, 3.05) is 0 Å². The van der Waals surface area contributed by atoms with Gasteiger partial charge in [-0.2, -0.15) is 0 Å². The smallest absolute Gasteiger partial charge is 0.261 e. The summed E-state index contributed by atoms with van der Waals surface area (Å²) in [6, 6.07) is 9.04. The SMILES string of the molecule is CC(Cc1cccnc1)n1cnc2cc(Cl)ccc2c1=O. The van der Waals surface area contributed by atoms with E-state index in [0.717, 1.165) is 12.0 Å². The van der Waals surface area contributed by atoms with Gasteiger partial charge in [0.15, 0.2) is 0 Å². The van der Waals surface area contributed by atoms with Crippen molar-refractivity contribution in [2.45, 2.75) is 19.4 Å². The molecule has 0 amide bonds. The number of hydrogen-bond acceptors (Lipinski definition) is 3. The van der Waals surface area contributed by atoms with E-state index in [4.69, 9.17) is 11.6 Å². The van der Waals surface area contributed by atoms with Gasteiger partial charge in [-0.1, -0.05) is 17.7 Å². The molecule has 0 aliphatic carbocycles. The maximum absolute atomic E-state index is 12.5. The molecule has 3 aromatic rings. The van der Waals surface area contributed by atoms with E-state index in [0.29, 0.717) is 15.9 Å². The lowest BCUT2D eigenvalue weighted by molar-refractivity contribution is 0.522. The Morgan fingerprint density at radius 3 is 2.95 bits per heavy atom. The van der Waals surface area contributed by atoms with Gasteiger partial charge in [0, 0.05) is 23.5 Å². The molecule has 1 unspecified atom stereocenters. The van der Waals surface area contributed by atoms with E-state index in [-0.39, 0.29) is 11.6 Å². The van der Waals surface area contributed by atoms with Gasteiger partial charge in [0.2, 0.25) is 0 Å². The minimum Gasteiger partial charge on any atom is -0.296 e. The Kier molecular flexibility index (Phi) is 3.71. The average molecular weight is 300 g/mol. The molecule has 2 aromatic heterocycles. The monoisotopic (exact) mass is 299 g/mol. The molecule has 1 atom stereocenters. The molecule has 0 fully saturated rings. The summed E-state index contributed by atoms with van der Waals surface area (Å²) in [5, 5.41) is 1.16. The summed E-state index contributed by atoms with van der Waals surface area (Å²) >= 11 is 5.92. The van der Waals surface area contributed by atoms with Crippen LogP contribution in [0.4, 0.5) is 0 Å². The molecule has 2 heterocycles. The zero-order chi connectivity index (χ0) is 14.8. The van der Waals surface area contributed by atoms with Gasteiger partial charge in [-0.3, -0.25) is 14.3 Å². The van der Waals surface area contributed by atoms with E-state index in [2.05, 4.69) is 9.97 Å². The summed E-state index contributed by atoms with van der Waals surface area (Å²) in [6.07, 6.45) is 5.87. The first-order valence-electron chi connectivity index (χ1n) is 6.70. The zero-order valence-corrected chi connectivity index (χ0v) is 12.3. The first-order valence-corrected chi connectivity index (χ1v) is 7.08. The Morgan fingerprint density at radius 2 is 2.19 bits per heavy atom. The topological polar surface area (TPSA) is 47.8 Å². The second-order valence-electron chi connectivity index (χ2n) is 5.03. The van der Waals surface area contributed by atoms with E-state index >= 15 is 0 Å². The lowest BCUT2D eigenvalue weighted by Gasteiger charge is -2.15. The number of rotatable bonds is 3. The quantitative estimate of drug-likeness (QED) is 0.746. The van der Waals surface area contributed by atoms with E-state index in [1.165, 1.54) is 0 Å². The van der Waals surface area contributed by atoms with E-state index in [1.54, 1.807) is 35.3 Å². The highest BCUT2D eigenvalue weighted by Gasteiger charge is 2.11. The minimum atomic E-state index is -0.0481. The summed E-state index contributed by atoms with van der Waals surface area (Å²) in [5.41, 5.74) is 1.67. The third-order valence-electron chi connectivity index (χ3n) is 3.47. The molecule has 0 N–H and O–H groups in total. The first kappa shape index (κ1) is 13.8. The second-order valence-corrected chi connectivity index (χ2v) is 5.47. The fourth-order valence-electron chi connectivity index (χ4n) is 2.38. The number of nitrogens with zero attached hydrogens (tertiary/aromatic N) is 3. The Morgan fingerprint density at radius 1 is 1.33 bits per heavy atom. The Hall–Kier alpha value is -2.20. The van der Waals surface area contributed by atoms with E-state index < -0.39 is 0 Å². The number of pyridine rings is 1.